The number of carbonyl (C=O) groups is 1. The predicted octanol–water partition coefficient (Wildman–Crippen LogP) is 5.33. The summed E-state index contributed by atoms with van der Waals surface area (Å²) >= 11 is 12.0. The summed E-state index contributed by atoms with van der Waals surface area (Å²) in [4.78, 5) is 18.7. The van der Waals surface area contributed by atoms with Crippen LogP contribution in [0.5, 0.6) is 0 Å². The molecule has 0 amide bonds. The van der Waals surface area contributed by atoms with Crippen LogP contribution in [0.2, 0.25) is 6.55 Å². The van der Waals surface area contributed by atoms with Crippen molar-refractivity contribution in [3.05, 3.63) is 35.9 Å². The maximum absolute atomic E-state index is 12.6. The molecule has 2 atom stereocenters. The maximum atomic E-state index is 12.6. The highest BCUT2D eigenvalue weighted by atomic mass is 35.7. The van der Waals surface area contributed by atoms with Gasteiger partial charge in [0.1, 0.15) is 12.3 Å². The molecule has 0 bridgehead atoms. The molecule has 0 aliphatic carbocycles. The van der Waals surface area contributed by atoms with E-state index in [9.17, 15) is 10.1 Å². The van der Waals surface area contributed by atoms with Crippen LogP contribution in [0, 0.1) is 17.2 Å². The smallest absolute Gasteiger partial charge is 0.355 e. The monoisotopic (exact) mass is 444 g/mol. The van der Waals surface area contributed by atoms with Crippen LogP contribution in [-0.4, -0.2) is 35.1 Å². The first-order chi connectivity index (χ1) is 12.7. The summed E-state index contributed by atoms with van der Waals surface area (Å²) in [6.07, 6.45) is -0.114. The number of hydrogen-bond acceptors (Lipinski definition) is 5. The van der Waals surface area contributed by atoms with Gasteiger partial charge in [-0.15, -0.1) is 22.2 Å². The third-order valence-electron chi connectivity index (χ3n) is 4.03. The molecule has 1 aromatic carbocycles. The van der Waals surface area contributed by atoms with Gasteiger partial charge in [0.05, 0.1) is 6.04 Å². The van der Waals surface area contributed by atoms with E-state index in [0.717, 1.165) is 5.56 Å². The number of ether oxygens (including phenoxy) is 1. The minimum atomic E-state index is -2.66. The molecule has 0 saturated carbocycles. The average molecular weight is 445 g/mol. The van der Waals surface area contributed by atoms with Crippen LogP contribution in [0.1, 0.15) is 53.1 Å². The standard InChI is InChI=1S/C20H30Cl2N2O3Si/c1-15(2)17(16-11-9-8-10-12-16)24(19(3,4)5)27-20(6,13-23)18(25)26-14-28(7,21)22/h8-12,15,17H,14H2,1-7H3. The molecule has 8 heteroatoms. The zero-order valence-electron chi connectivity index (χ0n) is 17.6. The van der Waals surface area contributed by atoms with Crippen molar-refractivity contribution < 1.29 is 14.4 Å². The Morgan fingerprint density at radius 1 is 1.21 bits per heavy atom. The van der Waals surface area contributed by atoms with Gasteiger partial charge in [-0.3, -0.25) is 4.84 Å². The number of nitrogens with zero attached hydrogens (tertiary/aromatic N) is 2. The lowest BCUT2D eigenvalue weighted by molar-refractivity contribution is -0.289. The van der Waals surface area contributed by atoms with E-state index >= 15 is 0 Å². The fourth-order valence-electron chi connectivity index (χ4n) is 2.68. The van der Waals surface area contributed by atoms with E-state index in [1.54, 1.807) is 11.6 Å². The highest BCUT2D eigenvalue weighted by molar-refractivity contribution is 7.44. The molecule has 0 heterocycles. The molecule has 2 unspecified atom stereocenters. The Morgan fingerprint density at radius 3 is 2.14 bits per heavy atom. The molecule has 5 nitrogen and oxygen atoms in total. The molecule has 28 heavy (non-hydrogen) atoms. The largest absolute Gasteiger partial charge is 0.463 e. The third kappa shape index (κ3) is 7.05. The Bertz CT molecular complexity index is 696. The van der Waals surface area contributed by atoms with Crippen molar-refractivity contribution in [2.75, 3.05) is 6.23 Å². The zero-order chi connectivity index (χ0) is 21.8. The van der Waals surface area contributed by atoms with Crippen LogP contribution in [-0.2, 0) is 14.4 Å². The first-order valence-corrected chi connectivity index (χ1v) is 13.9. The lowest BCUT2D eigenvalue weighted by atomic mass is 9.92. The summed E-state index contributed by atoms with van der Waals surface area (Å²) in [6.45, 7) is 10.4. The van der Waals surface area contributed by atoms with E-state index in [1.165, 1.54) is 6.92 Å². The van der Waals surface area contributed by atoms with E-state index in [0.29, 0.717) is 0 Å². The van der Waals surface area contributed by atoms with Gasteiger partial charge in [0.15, 0.2) is 0 Å². The molecule has 0 aliphatic rings. The lowest BCUT2D eigenvalue weighted by Gasteiger charge is -2.44. The second-order valence-electron chi connectivity index (χ2n) is 8.48. The molecule has 156 valence electrons. The lowest BCUT2D eigenvalue weighted by Crippen LogP contribution is -2.53. The maximum Gasteiger partial charge on any atom is 0.355 e. The summed E-state index contributed by atoms with van der Waals surface area (Å²) in [5, 5.41) is 11.5. The van der Waals surface area contributed by atoms with Crippen molar-refractivity contribution in [3.8, 4) is 6.07 Å². The topological polar surface area (TPSA) is 62.6 Å². The number of halogens is 2. The van der Waals surface area contributed by atoms with Crippen molar-refractivity contribution in [3.63, 3.8) is 0 Å². The second kappa shape index (κ2) is 9.60. The number of esters is 1. The van der Waals surface area contributed by atoms with Crippen LogP contribution in [0.3, 0.4) is 0 Å². The van der Waals surface area contributed by atoms with Crippen molar-refractivity contribution >= 4 is 34.8 Å². The number of hydroxylamine groups is 2. The van der Waals surface area contributed by atoms with Gasteiger partial charge in [-0.25, -0.2) is 4.79 Å². The van der Waals surface area contributed by atoms with Gasteiger partial charge in [-0.1, -0.05) is 44.2 Å². The number of hydrogen-bond donors (Lipinski definition) is 0. The fraction of sp³-hybridized carbons (Fsp3) is 0.600. The SMILES string of the molecule is CC(C)C(c1ccccc1)N(OC(C)(C#N)C(=O)OC[Si](C)(Cl)Cl)C(C)(C)C. The summed E-state index contributed by atoms with van der Waals surface area (Å²) < 4.78 is 5.21. The first-order valence-electron chi connectivity index (χ1n) is 9.21. The van der Waals surface area contributed by atoms with Gasteiger partial charge in [0.25, 0.3) is 12.3 Å². The molecule has 0 aliphatic heterocycles. The summed E-state index contributed by atoms with van der Waals surface area (Å²) in [7, 11) is 0. The van der Waals surface area contributed by atoms with E-state index in [4.69, 9.17) is 31.7 Å². The summed E-state index contributed by atoms with van der Waals surface area (Å²) in [5.41, 5.74) is -1.30. The van der Waals surface area contributed by atoms with Crippen molar-refractivity contribution in [2.45, 2.75) is 65.3 Å². The van der Waals surface area contributed by atoms with Crippen molar-refractivity contribution in [1.29, 1.82) is 5.26 Å². The van der Waals surface area contributed by atoms with Crippen LogP contribution >= 0.6 is 22.2 Å². The molecule has 0 radical (unpaired) electrons. The Morgan fingerprint density at radius 2 is 1.75 bits per heavy atom. The molecule has 1 aromatic rings. The number of carbonyl (C=O) groups excluding carboxylic acids is 1. The van der Waals surface area contributed by atoms with E-state index < -0.39 is 23.8 Å². The Labute approximate surface area is 178 Å². The number of nitriles is 1. The van der Waals surface area contributed by atoms with Crippen LogP contribution < -0.4 is 0 Å². The summed E-state index contributed by atoms with van der Waals surface area (Å²) in [5.74, 6) is -0.651. The molecule has 0 spiro atoms. The van der Waals surface area contributed by atoms with Gasteiger partial charge in [0, 0.05) is 5.54 Å². The predicted molar refractivity (Wildman–Crippen MR) is 115 cm³/mol. The van der Waals surface area contributed by atoms with E-state index in [2.05, 4.69) is 13.8 Å². The minimum Gasteiger partial charge on any atom is -0.463 e. The average Bonchev–Trinajstić information content (AvgIpc) is 2.58. The summed E-state index contributed by atoms with van der Waals surface area (Å²) in [6, 6.07) is 11.6. The minimum absolute atomic E-state index is 0.114. The molecule has 0 aromatic heterocycles. The van der Waals surface area contributed by atoms with Crippen LogP contribution in [0.4, 0.5) is 0 Å². The first kappa shape index (κ1) is 24.9. The Balaban J connectivity index is 3.26. The number of rotatable bonds is 8. The van der Waals surface area contributed by atoms with Crippen LogP contribution in [0.25, 0.3) is 0 Å². The Hall–Kier alpha value is -1.10. The second-order valence-corrected chi connectivity index (χ2v) is 16.5. The van der Waals surface area contributed by atoms with Crippen LogP contribution in [0.15, 0.2) is 30.3 Å². The molecule has 0 saturated heterocycles. The van der Waals surface area contributed by atoms with Gasteiger partial charge in [0.2, 0.25) is 0 Å². The quantitative estimate of drug-likeness (QED) is 0.234. The molecule has 0 fully saturated rings. The van der Waals surface area contributed by atoms with E-state index in [1.807, 2.05) is 57.2 Å². The zero-order valence-corrected chi connectivity index (χ0v) is 20.1. The highest BCUT2D eigenvalue weighted by Crippen LogP contribution is 2.36. The van der Waals surface area contributed by atoms with E-state index in [-0.39, 0.29) is 18.2 Å². The van der Waals surface area contributed by atoms with Gasteiger partial charge in [-0.2, -0.15) is 10.3 Å². The number of benzene rings is 1. The van der Waals surface area contributed by atoms with Gasteiger partial charge < -0.3 is 4.74 Å². The molecule has 1 rings (SSSR count). The van der Waals surface area contributed by atoms with Gasteiger partial charge >= 0.3 is 5.97 Å². The fourth-order valence-corrected chi connectivity index (χ4v) is 3.39. The van der Waals surface area contributed by atoms with Crippen molar-refractivity contribution in [2.24, 2.45) is 5.92 Å². The molecular formula is C20H30Cl2N2O3Si. The normalized spacial score (nSPS) is 15.8. The highest BCUT2D eigenvalue weighted by Gasteiger charge is 2.45. The Kier molecular flexibility index (Phi) is 8.55. The molecule has 0 N–H and O–H groups in total. The molecular weight excluding hydrogens is 415 g/mol. The van der Waals surface area contributed by atoms with Crippen molar-refractivity contribution in [1.82, 2.24) is 5.06 Å². The third-order valence-corrected chi connectivity index (χ3v) is 5.33. The van der Waals surface area contributed by atoms with Gasteiger partial charge in [-0.05, 0) is 45.7 Å².